The largest absolute Gasteiger partial charge is 0.481 e. The molecule has 0 radical (unpaired) electrons. The molecular weight excluding hydrogens is 296 g/mol. The van der Waals surface area contributed by atoms with Gasteiger partial charge in [-0.15, -0.1) is 0 Å². The van der Waals surface area contributed by atoms with Crippen molar-refractivity contribution in [1.82, 2.24) is 4.90 Å². The molecule has 3 rings (SSSR count). The zero-order chi connectivity index (χ0) is 15.2. The lowest BCUT2D eigenvalue weighted by Gasteiger charge is -2.23. The topological polar surface area (TPSA) is 101 Å². The number of rotatable bonds is 3. The van der Waals surface area contributed by atoms with Gasteiger partial charge in [0.05, 0.1) is 15.9 Å². The van der Waals surface area contributed by atoms with Gasteiger partial charge in [0, 0.05) is 24.5 Å². The van der Waals surface area contributed by atoms with Gasteiger partial charge < -0.3 is 10.0 Å². The molecule has 1 saturated heterocycles. The summed E-state index contributed by atoms with van der Waals surface area (Å²) in [6.45, 7) is 0.629. The SMILES string of the molecule is O=C(c1csc([N+](=O)[O-])c1)N1C[C@@H]2CCC[C@@]2(C(=O)O)C1. The minimum absolute atomic E-state index is 0.00688. The number of carbonyl (C=O) groups is 2. The Hall–Kier alpha value is -1.96. The van der Waals surface area contributed by atoms with Crippen LogP contribution in [0.5, 0.6) is 0 Å². The first-order valence-electron chi connectivity index (χ1n) is 6.69. The molecule has 1 aliphatic heterocycles. The maximum absolute atomic E-state index is 12.4. The van der Waals surface area contributed by atoms with E-state index in [1.807, 2.05) is 0 Å². The van der Waals surface area contributed by atoms with Crippen molar-refractivity contribution in [2.24, 2.45) is 11.3 Å². The summed E-state index contributed by atoms with van der Waals surface area (Å²) in [5, 5.41) is 21.5. The lowest BCUT2D eigenvalue weighted by molar-refractivity contribution is -0.380. The number of fused-ring (bicyclic) bond motifs is 1. The summed E-state index contributed by atoms with van der Waals surface area (Å²) in [5.74, 6) is -1.15. The molecule has 2 atom stereocenters. The van der Waals surface area contributed by atoms with E-state index in [9.17, 15) is 24.8 Å². The van der Waals surface area contributed by atoms with Crippen LogP contribution in [0.2, 0.25) is 0 Å². The molecule has 112 valence electrons. The molecule has 2 heterocycles. The summed E-state index contributed by atoms with van der Waals surface area (Å²) < 4.78 is 0. The lowest BCUT2D eigenvalue weighted by atomic mass is 9.81. The molecule has 21 heavy (non-hydrogen) atoms. The summed E-state index contributed by atoms with van der Waals surface area (Å²) >= 11 is 0.909. The van der Waals surface area contributed by atoms with E-state index in [1.54, 1.807) is 0 Å². The van der Waals surface area contributed by atoms with Gasteiger partial charge >= 0.3 is 11.0 Å². The normalized spacial score (nSPS) is 27.6. The van der Waals surface area contributed by atoms with Gasteiger partial charge in [0.2, 0.25) is 0 Å². The van der Waals surface area contributed by atoms with Crippen molar-refractivity contribution in [3.05, 3.63) is 27.1 Å². The first-order chi connectivity index (χ1) is 9.94. The van der Waals surface area contributed by atoms with Crippen LogP contribution in [-0.4, -0.2) is 39.9 Å². The van der Waals surface area contributed by atoms with Gasteiger partial charge in [-0.2, -0.15) is 0 Å². The number of thiophene rings is 1. The molecule has 1 amide bonds. The number of carboxylic acid groups (broad SMARTS) is 1. The molecule has 1 N–H and O–H groups in total. The van der Waals surface area contributed by atoms with Crippen LogP contribution in [0.1, 0.15) is 29.6 Å². The second-order valence-electron chi connectivity index (χ2n) is 5.67. The van der Waals surface area contributed by atoms with Crippen LogP contribution >= 0.6 is 11.3 Å². The second kappa shape index (κ2) is 4.80. The fourth-order valence-corrected chi connectivity index (χ4v) is 4.21. The maximum Gasteiger partial charge on any atom is 0.324 e. The molecule has 7 nitrogen and oxygen atoms in total. The van der Waals surface area contributed by atoms with E-state index in [0.29, 0.717) is 13.0 Å². The minimum atomic E-state index is -0.836. The Morgan fingerprint density at radius 1 is 1.52 bits per heavy atom. The summed E-state index contributed by atoms with van der Waals surface area (Å²) in [7, 11) is 0. The maximum atomic E-state index is 12.4. The number of amides is 1. The van der Waals surface area contributed by atoms with E-state index in [2.05, 4.69) is 0 Å². The van der Waals surface area contributed by atoms with Gasteiger partial charge in [-0.3, -0.25) is 19.7 Å². The van der Waals surface area contributed by atoms with Crippen LogP contribution in [0.3, 0.4) is 0 Å². The Morgan fingerprint density at radius 2 is 2.29 bits per heavy atom. The third-order valence-corrected chi connectivity index (χ3v) is 5.48. The summed E-state index contributed by atoms with van der Waals surface area (Å²) in [4.78, 5) is 35.6. The fraction of sp³-hybridized carbons (Fsp3) is 0.538. The van der Waals surface area contributed by atoms with Gasteiger partial charge in [0.25, 0.3) is 5.91 Å². The van der Waals surface area contributed by atoms with Gasteiger partial charge in [-0.1, -0.05) is 17.8 Å². The van der Waals surface area contributed by atoms with E-state index in [0.717, 1.165) is 24.2 Å². The number of nitrogens with zero attached hydrogens (tertiary/aromatic N) is 2. The number of carbonyl (C=O) groups excluding carboxylic acids is 1. The molecule has 0 spiro atoms. The van der Waals surface area contributed by atoms with E-state index < -0.39 is 16.3 Å². The average Bonchev–Trinajstić information content (AvgIpc) is 3.11. The lowest BCUT2D eigenvalue weighted by Crippen LogP contribution is -2.37. The molecule has 0 bridgehead atoms. The molecule has 0 unspecified atom stereocenters. The number of hydrogen-bond acceptors (Lipinski definition) is 5. The molecule has 1 aliphatic carbocycles. The van der Waals surface area contributed by atoms with Crippen molar-refractivity contribution in [3.63, 3.8) is 0 Å². The van der Waals surface area contributed by atoms with E-state index in [1.165, 1.54) is 16.3 Å². The van der Waals surface area contributed by atoms with Crippen molar-refractivity contribution in [2.45, 2.75) is 19.3 Å². The molecule has 2 fully saturated rings. The van der Waals surface area contributed by atoms with Crippen LogP contribution in [0.25, 0.3) is 0 Å². The molecule has 1 aromatic heterocycles. The van der Waals surface area contributed by atoms with Crippen molar-refractivity contribution in [2.75, 3.05) is 13.1 Å². The molecule has 0 aromatic carbocycles. The van der Waals surface area contributed by atoms with Crippen LogP contribution in [-0.2, 0) is 4.79 Å². The number of aliphatic carboxylic acids is 1. The number of hydrogen-bond donors (Lipinski definition) is 1. The quantitative estimate of drug-likeness (QED) is 0.679. The molecule has 1 aromatic rings. The highest BCUT2D eigenvalue weighted by molar-refractivity contribution is 7.13. The van der Waals surface area contributed by atoms with Crippen LogP contribution < -0.4 is 0 Å². The predicted molar refractivity (Wildman–Crippen MR) is 74.3 cm³/mol. The average molecular weight is 310 g/mol. The number of likely N-dealkylation sites (tertiary alicyclic amines) is 1. The Bertz CT molecular complexity index is 628. The smallest absolute Gasteiger partial charge is 0.324 e. The van der Waals surface area contributed by atoms with E-state index in [4.69, 9.17) is 0 Å². The molecular formula is C13H14N2O5S. The fourth-order valence-electron chi connectivity index (χ4n) is 3.51. The monoisotopic (exact) mass is 310 g/mol. The zero-order valence-corrected chi connectivity index (χ0v) is 12.0. The number of nitro groups is 1. The third kappa shape index (κ3) is 2.10. The first kappa shape index (κ1) is 14.0. The second-order valence-corrected chi connectivity index (χ2v) is 6.56. The Morgan fingerprint density at radius 3 is 2.86 bits per heavy atom. The summed E-state index contributed by atoms with van der Waals surface area (Å²) in [5.41, 5.74) is -0.551. The Balaban J connectivity index is 1.81. The van der Waals surface area contributed by atoms with Crippen LogP contribution in [0, 0.1) is 21.4 Å². The van der Waals surface area contributed by atoms with Gasteiger partial charge in [0.15, 0.2) is 0 Å². The van der Waals surface area contributed by atoms with Crippen molar-refractivity contribution >= 4 is 28.2 Å². The van der Waals surface area contributed by atoms with E-state index in [-0.39, 0.29) is 28.9 Å². The van der Waals surface area contributed by atoms with Crippen molar-refractivity contribution in [1.29, 1.82) is 0 Å². The highest BCUT2D eigenvalue weighted by Gasteiger charge is 2.55. The van der Waals surface area contributed by atoms with Gasteiger partial charge in [-0.25, -0.2) is 0 Å². The third-order valence-electron chi connectivity index (χ3n) is 4.60. The highest BCUT2D eigenvalue weighted by Crippen LogP contribution is 2.49. The zero-order valence-electron chi connectivity index (χ0n) is 11.2. The summed E-state index contributed by atoms with van der Waals surface area (Å²) in [6, 6.07) is 1.26. The molecule has 8 heteroatoms. The van der Waals surface area contributed by atoms with Gasteiger partial charge in [-0.05, 0) is 18.8 Å². The van der Waals surface area contributed by atoms with E-state index >= 15 is 0 Å². The van der Waals surface area contributed by atoms with Crippen molar-refractivity contribution in [3.8, 4) is 0 Å². The first-order valence-corrected chi connectivity index (χ1v) is 7.57. The standard InChI is InChI=1S/C13H14N2O5S/c16-11(8-4-10(15(19)20)21-6-8)14-5-9-2-1-3-13(9,7-14)12(17)18/h4,6,9H,1-3,5,7H2,(H,17,18)/t9-,13+/m0/s1. The highest BCUT2D eigenvalue weighted by atomic mass is 32.1. The molecule has 2 aliphatic rings. The minimum Gasteiger partial charge on any atom is -0.481 e. The Labute approximate surface area is 124 Å². The van der Waals surface area contributed by atoms with Crippen LogP contribution in [0.4, 0.5) is 5.00 Å². The molecule has 1 saturated carbocycles. The predicted octanol–water partition coefficient (Wildman–Crippen LogP) is 1.98. The van der Waals surface area contributed by atoms with Crippen molar-refractivity contribution < 1.29 is 19.6 Å². The Kier molecular flexibility index (Phi) is 3.20. The number of carboxylic acids is 1. The van der Waals surface area contributed by atoms with Gasteiger partial charge in [0.1, 0.15) is 0 Å². The van der Waals surface area contributed by atoms with Crippen LogP contribution in [0.15, 0.2) is 11.4 Å². The summed E-state index contributed by atoms with van der Waals surface area (Å²) in [6.07, 6.45) is 2.29.